The minimum atomic E-state index is -0.471. The Kier molecular flexibility index (Phi) is 5.84. The molecule has 1 aliphatic rings. The predicted molar refractivity (Wildman–Crippen MR) is 121 cm³/mol. The third-order valence-electron chi connectivity index (χ3n) is 5.48. The minimum Gasteiger partial charge on any atom is -0.497 e. The van der Waals surface area contributed by atoms with E-state index < -0.39 is 5.41 Å². The second kappa shape index (κ2) is 8.54. The minimum absolute atomic E-state index is 0.0883. The van der Waals surface area contributed by atoms with Gasteiger partial charge in [-0.05, 0) is 47.4 Å². The summed E-state index contributed by atoms with van der Waals surface area (Å²) in [5.41, 5.74) is 2.34. The number of aromatic nitrogens is 1. The van der Waals surface area contributed by atoms with Crippen molar-refractivity contribution in [2.24, 2.45) is 5.41 Å². The Hall–Kier alpha value is -2.76. The number of likely N-dealkylation sites (tertiary alicyclic amines) is 1. The van der Waals surface area contributed by atoms with Gasteiger partial charge in [0, 0.05) is 35.2 Å². The van der Waals surface area contributed by atoms with Crippen LogP contribution >= 0.6 is 11.3 Å². The monoisotopic (exact) mass is 418 g/mol. The number of ketones is 1. The van der Waals surface area contributed by atoms with Gasteiger partial charge in [0.05, 0.1) is 18.8 Å². The van der Waals surface area contributed by atoms with E-state index in [1.807, 2.05) is 56.3 Å². The highest BCUT2D eigenvalue weighted by Crippen LogP contribution is 2.43. The van der Waals surface area contributed by atoms with Gasteiger partial charge in [-0.3, -0.25) is 14.7 Å². The second-order valence-electron chi connectivity index (χ2n) is 8.24. The molecular formula is C25H26N2O2S. The number of piperidine rings is 1. The molecule has 4 nitrogen and oxygen atoms in total. The molecule has 0 saturated carbocycles. The van der Waals surface area contributed by atoms with Crippen LogP contribution in [0.4, 0.5) is 0 Å². The number of thiophene rings is 1. The second-order valence-corrected chi connectivity index (χ2v) is 9.22. The van der Waals surface area contributed by atoms with Crippen LogP contribution in [0, 0.1) is 5.41 Å². The van der Waals surface area contributed by atoms with E-state index in [0.717, 1.165) is 23.6 Å². The number of benzene rings is 1. The predicted octanol–water partition coefficient (Wildman–Crippen LogP) is 5.39. The molecule has 0 N–H and O–H groups in total. The zero-order valence-corrected chi connectivity index (χ0v) is 18.4. The van der Waals surface area contributed by atoms with Gasteiger partial charge in [-0.2, -0.15) is 0 Å². The number of carbonyl (C=O) groups is 1. The molecule has 5 heteroatoms. The van der Waals surface area contributed by atoms with Crippen LogP contribution in [0.5, 0.6) is 5.75 Å². The fourth-order valence-corrected chi connectivity index (χ4v) is 4.92. The van der Waals surface area contributed by atoms with Gasteiger partial charge in [0.25, 0.3) is 0 Å². The molecule has 0 aliphatic carbocycles. The molecule has 154 valence electrons. The first-order valence-corrected chi connectivity index (χ1v) is 10.9. The van der Waals surface area contributed by atoms with Gasteiger partial charge >= 0.3 is 0 Å². The Morgan fingerprint density at radius 3 is 2.60 bits per heavy atom. The van der Waals surface area contributed by atoms with Crippen molar-refractivity contribution in [1.29, 1.82) is 0 Å². The average molecular weight is 419 g/mol. The van der Waals surface area contributed by atoms with E-state index in [-0.39, 0.29) is 11.8 Å². The highest BCUT2D eigenvalue weighted by molar-refractivity contribution is 7.10. The summed E-state index contributed by atoms with van der Waals surface area (Å²) in [6.07, 6.45) is 3.73. The Bertz CT molecular complexity index is 1020. The van der Waals surface area contributed by atoms with Crippen molar-refractivity contribution in [1.82, 2.24) is 9.88 Å². The Morgan fingerprint density at radius 2 is 1.97 bits per heavy atom. The average Bonchev–Trinajstić information content (AvgIpc) is 3.27. The third kappa shape index (κ3) is 4.23. The Labute approximate surface area is 181 Å². The topological polar surface area (TPSA) is 42.4 Å². The summed E-state index contributed by atoms with van der Waals surface area (Å²) < 4.78 is 5.30. The molecular weight excluding hydrogens is 392 g/mol. The zero-order valence-electron chi connectivity index (χ0n) is 17.5. The molecule has 1 aliphatic heterocycles. The van der Waals surface area contributed by atoms with Crippen LogP contribution in [0.2, 0.25) is 0 Å². The van der Waals surface area contributed by atoms with E-state index in [1.165, 1.54) is 10.4 Å². The molecule has 3 heterocycles. The van der Waals surface area contributed by atoms with Crippen LogP contribution < -0.4 is 4.74 Å². The number of ether oxygens (including phenoxy) is 1. The number of rotatable bonds is 5. The van der Waals surface area contributed by atoms with Crippen molar-refractivity contribution in [3.8, 4) is 5.75 Å². The smallest absolute Gasteiger partial charge is 0.167 e. The number of pyridine rings is 1. The highest BCUT2D eigenvalue weighted by atomic mass is 32.1. The van der Waals surface area contributed by atoms with Crippen LogP contribution in [0.25, 0.3) is 6.08 Å². The number of hydrogen-bond donors (Lipinski definition) is 0. The summed E-state index contributed by atoms with van der Waals surface area (Å²) in [7, 11) is 1.68. The number of nitrogens with zero attached hydrogens (tertiary/aromatic N) is 2. The molecule has 0 bridgehead atoms. The van der Waals surface area contributed by atoms with Crippen molar-refractivity contribution >= 4 is 23.2 Å². The lowest BCUT2D eigenvalue weighted by atomic mass is 9.76. The molecule has 30 heavy (non-hydrogen) atoms. The quantitative estimate of drug-likeness (QED) is 0.521. The van der Waals surface area contributed by atoms with Crippen LogP contribution in [0.1, 0.15) is 36.0 Å². The number of hydrogen-bond acceptors (Lipinski definition) is 5. The fraction of sp³-hybridized carbons (Fsp3) is 0.280. The van der Waals surface area contributed by atoms with Crippen LogP contribution in [0.15, 0.2) is 71.7 Å². The van der Waals surface area contributed by atoms with Crippen molar-refractivity contribution in [2.45, 2.75) is 26.4 Å². The van der Waals surface area contributed by atoms with Gasteiger partial charge in [-0.15, -0.1) is 11.3 Å². The summed E-state index contributed by atoms with van der Waals surface area (Å²) >= 11 is 1.69. The van der Waals surface area contributed by atoms with Crippen molar-refractivity contribution in [2.75, 3.05) is 13.7 Å². The maximum atomic E-state index is 13.5. The summed E-state index contributed by atoms with van der Waals surface area (Å²) in [6, 6.07) is 18.0. The zero-order chi connectivity index (χ0) is 21.1. The SMILES string of the molecule is COc1ccc(CN2CC(C)(C)C(=O)C(=Cc3ccccn3)C2c2cccs2)cc1. The maximum Gasteiger partial charge on any atom is 0.167 e. The molecule has 1 aromatic carbocycles. The van der Waals surface area contributed by atoms with Crippen LogP contribution in [-0.4, -0.2) is 29.3 Å². The van der Waals surface area contributed by atoms with Gasteiger partial charge in [-0.25, -0.2) is 0 Å². The number of carbonyl (C=O) groups excluding carboxylic acids is 1. The van der Waals surface area contributed by atoms with E-state index in [2.05, 4.69) is 33.5 Å². The van der Waals surface area contributed by atoms with E-state index in [4.69, 9.17) is 4.74 Å². The van der Waals surface area contributed by atoms with E-state index in [0.29, 0.717) is 6.54 Å². The van der Waals surface area contributed by atoms with Gasteiger partial charge in [0.2, 0.25) is 0 Å². The van der Waals surface area contributed by atoms with E-state index >= 15 is 0 Å². The molecule has 1 atom stereocenters. The summed E-state index contributed by atoms with van der Waals surface area (Å²) in [5.74, 6) is 1.04. The Morgan fingerprint density at radius 1 is 1.17 bits per heavy atom. The van der Waals surface area contributed by atoms with Crippen molar-refractivity contribution in [3.05, 3.63) is 87.9 Å². The number of Topliss-reactive ketones (excluding diaryl/α,β-unsaturated/α-hetero) is 1. The van der Waals surface area contributed by atoms with Gasteiger partial charge in [-0.1, -0.05) is 38.1 Å². The first-order valence-electron chi connectivity index (χ1n) is 10.1. The molecule has 1 saturated heterocycles. The summed E-state index contributed by atoms with van der Waals surface area (Å²) in [6.45, 7) is 5.52. The van der Waals surface area contributed by atoms with Crippen molar-refractivity contribution in [3.63, 3.8) is 0 Å². The van der Waals surface area contributed by atoms with Gasteiger partial charge in [0.1, 0.15) is 5.75 Å². The maximum absolute atomic E-state index is 13.5. The lowest BCUT2D eigenvalue weighted by Gasteiger charge is -2.44. The van der Waals surface area contributed by atoms with E-state index in [9.17, 15) is 4.79 Å². The fourth-order valence-electron chi connectivity index (χ4n) is 4.04. The third-order valence-corrected chi connectivity index (χ3v) is 6.41. The van der Waals surface area contributed by atoms with Crippen LogP contribution in [-0.2, 0) is 11.3 Å². The molecule has 1 unspecified atom stereocenters. The van der Waals surface area contributed by atoms with Crippen LogP contribution in [0.3, 0.4) is 0 Å². The molecule has 3 aromatic rings. The Balaban J connectivity index is 1.77. The molecule has 4 rings (SSSR count). The molecule has 0 radical (unpaired) electrons. The lowest BCUT2D eigenvalue weighted by molar-refractivity contribution is -0.128. The summed E-state index contributed by atoms with van der Waals surface area (Å²) in [5, 5.41) is 2.07. The largest absolute Gasteiger partial charge is 0.497 e. The first kappa shape index (κ1) is 20.5. The molecule has 2 aromatic heterocycles. The number of methoxy groups -OCH3 is 1. The van der Waals surface area contributed by atoms with Gasteiger partial charge < -0.3 is 4.74 Å². The summed E-state index contributed by atoms with van der Waals surface area (Å²) in [4.78, 5) is 21.5. The normalized spacial score (nSPS) is 20.4. The molecule has 0 amide bonds. The van der Waals surface area contributed by atoms with E-state index in [1.54, 1.807) is 24.6 Å². The molecule has 0 spiro atoms. The lowest BCUT2D eigenvalue weighted by Crippen LogP contribution is -2.48. The molecule has 1 fully saturated rings. The van der Waals surface area contributed by atoms with Crippen molar-refractivity contribution < 1.29 is 9.53 Å². The van der Waals surface area contributed by atoms with Gasteiger partial charge in [0.15, 0.2) is 5.78 Å². The first-order chi connectivity index (χ1) is 14.5. The highest BCUT2D eigenvalue weighted by Gasteiger charge is 2.44. The standard InChI is InChI=1S/C25H26N2O2S/c1-25(2)17-27(16-18-9-11-20(29-3)12-10-18)23(22-8-6-14-30-22)21(24(25)28)15-19-7-4-5-13-26-19/h4-15,23H,16-17H2,1-3H3.